The van der Waals surface area contributed by atoms with Crippen LogP contribution in [0.1, 0.15) is 29.0 Å². The predicted octanol–water partition coefficient (Wildman–Crippen LogP) is 3.79. The summed E-state index contributed by atoms with van der Waals surface area (Å²) in [6.07, 6.45) is 0. The maximum atomic E-state index is 11.1. The number of aromatic carboxylic acids is 1. The molecule has 0 bridgehead atoms. The van der Waals surface area contributed by atoms with Crippen LogP contribution < -0.4 is 5.73 Å². The summed E-state index contributed by atoms with van der Waals surface area (Å²) in [6, 6.07) is 10.0. The quantitative estimate of drug-likeness (QED) is 0.422. The average Bonchev–Trinajstić information content (AvgIpc) is 3.37. The van der Waals surface area contributed by atoms with Crippen molar-refractivity contribution in [1.82, 2.24) is 0 Å². The Bertz CT molecular complexity index is 936. The number of rotatable bonds is 5. The minimum Gasteiger partial charge on any atom is -0.477 e. The molecule has 1 amide bonds. The van der Waals surface area contributed by atoms with Gasteiger partial charge in [0.2, 0.25) is 9.05 Å². The number of nitrogens with two attached hydrogens (primary N) is 1. The van der Waals surface area contributed by atoms with E-state index in [-0.39, 0.29) is 5.91 Å². The average molecular weight is 480 g/mol. The minimum absolute atomic E-state index is 0.347. The van der Waals surface area contributed by atoms with E-state index in [0.717, 1.165) is 0 Å². The standard InChI is InChI=1S/C6H5ClO3S2.C5H5NOS.C5H4O2S/c7-12(9,10)4-5(8)6-2-1-3-11-6;2*6-5(7)4-2-1-3-8-4/h1-3H,4H2;1-3H,(H2,6,7);1-3H,(H,6,7). The lowest BCUT2D eigenvalue weighted by molar-refractivity contribution is 0.0701. The molecular formula is C16H14ClNO6S4. The van der Waals surface area contributed by atoms with Crippen molar-refractivity contribution >= 4 is 71.4 Å². The smallest absolute Gasteiger partial charge is 0.345 e. The van der Waals surface area contributed by atoms with Gasteiger partial charge in [-0.3, -0.25) is 9.59 Å². The molecule has 0 saturated carbocycles. The maximum absolute atomic E-state index is 11.1. The molecule has 0 atom stereocenters. The number of ketones is 1. The summed E-state index contributed by atoms with van der Waals surface area (Å²) >= 11 is 3.79. The molecule has 28 heavy (non-hydrogen) atoms. The number of amides is 1. The van der Waals surface area contributed by atoms with Crippen molar-refractivity contribution in [1.29, 1.82) is 0 Å². The Morgan fingerprint density at radius 2 is 1.32 bits per heavy atom. The van der Waals surface area contributed by atoms with Crippen molar-refractivity contribution in [3.05, 3.63) is 67.2 Å². The van der Waals surface area contributed by atoms with E-state index < -0.39 is 26.6 Å². The zero-order valence-corrected chi connectivity index (χ0v) is 18.0. The molecule has 0 aliphatic carbocycles. The molecule has 0 aliphatic heterocycles. The van der Waals surface area contributed by atoms with E-state index in [0.29, 0.717) is 14.6 Å². The van der Waals surface area contributed by atoms with Crippen LogP contribution in [0.2, 0.25) is 0 Å². The van der Waals surface area contributed by atoms with Crippen LogP contribution in [0.4, 0.5) is 0 Å². The molecule has 3 heterocycles. The largest absolute Gasteiger partial charge is 0.477 e. The third kappa shape index (κ3) is 9.76. The highest BCUT2D eigenvalue weighted by atomic mass is 35.7. The summed E-state index contributed by atoms with van der Waals surface area (Å²) in [7, 11) is 1.18. The highest BCUT2D eigenvalue weighted by Crippen LogP contribution is 2.11. The summed E-state index contributed by atoms with van der Waals surface area (Å²) in [6.45, 7) is 0. The van der Waals surface area contributed by atoms with Crippen LogP contribution >= 0.6 is 44.7 Å². The molecule has 0 saturated heterocycles. The number of Topliss-reactive ketones (excluding diaryl/α,β-unsaturated/α-hetero) is 1. The number of primary amides is 1. The van der Waals surface area contributed by atoms with Crippen LogP contribution in [0, 0.1) is 0 Å². The van der Waals surface area contributed by atoms with Gasteiger partial charge in [-0.05, 0) is 34.3 Å². The molecule has 0 aromatic carbocycles. The topological polar surface area (TPSA) is 132 Å². The minimum atomic E-state index is -3.72. The van der Waals surface area contributed by atoms with Crippen molar-refractivity contribution in [2.75, 3.05) is 5.75 Å². The maximum Gasteiger partial charge on any atom is 0.345 e. The Labute approximate surface area is 177 Å². The number of carboxylic acids is 1. The Kier molecular flexibility index (Phi) is 10.0. The molecule has 7 nitrogen and oxygen atoms in total. The third-order valence-corrected chi connectivity index (χ3v) is 6.18. The van der Waals surface area contributed by atoms with Crippen molar-refractivity contribution in [2.24, 2.45) is 5.73 Å². The molecule has 0 unspecified atom stereocenters. The van der Waals surface area contributed by atoms with Gasteiger partial charge in [-0.15, -0.1) is 34.0 Å². The lowest BCUT2D eigenvalue weighted by atomic mass is 10.4. The Morgan fingerprint density at radius 1 is 0.893 bits per heavy atom. The zero-order valence-electron chi connectivity index (χ0n) is 14.0. The number of carbonyl (C=O) groups excluding carboxylic acids is 2. The highest BCUT2D eigenvalue weighted by Gasteiger charge is 2.15. The Hall–Kier alpha value is -2.05. The van der Waals surface area contributed by atoms with Crippen molar-refractivity contribution in [3.8, 4) is 0 Å². The second-order valence-corrected chi connectivity index (χ2v) is 10.3. The molecule has 0 fully saturated rings. The second-order valence-electron chi connectivity index (χ2n) is 4.71. The molecule has 0 aliphatic rings. The van der Waals surface area contributed by atoms with E-state index in [2.05, 4.69) is 0 Å². The first-order valence-electron chi connectivity index (χ1n) is 7.19. The fourth-order valence-electron chi connectivity index (χ4n) is 1.48. The van der Waals surface area contributed by atoms with Crippen molar-refractivity contribution in [2.45, 2.75) is 0 Å². The molecule has 12 heteroatoms. The van der Waals surface area contributed by atoms with Gasteiger partial charge in [-0.1, -0.05) is 18.2 Å². The van der Waals surface area contributed by atoms with Gasteiger partial charge >= 0.3 is 5.97 Å². The fourth-order valence-corrected chi connectivity index (χ4v) is 4.14. The van der Waals surface area contributed by atoms with Crippen LogP contribution in [0.25, 0.3) is 0 Å². The third-order valence-electron chi connectivity index (χ3n) is 2.60. The monoisotopic (exact) mass is 479 g/mol. The summed E-state index contributed by atoms with van der Waals surface area (Å²) in [4.78, 5) is 32.9. The predicted molar refractivity (Wildman–Crippen MR) is 112 cm³/mol. The van der Waals surface area contributed by atoms with Crippen LogP contribution in [0.3, 0.4) is 0 Å². The van der Waals surface area contributed by atoms with Gasteiger partial charge in [0.1, 0.15) is 10.6 Å². The first-order chi connectivity index (χ1) is 13.1. The highest BCUT2D eigenvalue weighted by molar-refractivity contribution is 8.14. The molecule has 0 spiro atoms. The number of hydrogen-bond donors (Lipinski definition) is 2. The number of hydrogen-bond acceptors (Lipinski definition) is 8. The SMILES string of the molecule is NC(=O)c1cccs1.O=C(CS(=O)(=O)Cl)c1cccs1.O=C(O)c1cccs1. The van der Waals surface area contributed by atoms with Gasteiger partial charge in [0.05, 0.1) is 9.75 Å². The first-order valence-corrected chi connectivity index (χ1v) is 12.3. The van der Waals surface area contributed by atoms with Gasteiger partial charge < -0.3 is 10.8 Å². The van der Waals surface area contributed by atoms with Gasteiger partial charge in [0, 0.05) is 10.7 Å². The van der Waals surface area contributed by atoms with Crippen LogP contribution in [-0.4, -0.2) is 36.9 Å². The van der Waals surface area contributed by atoms with Crippen molar-refractivity contribution < 1.29 is 27.9 Å². The molecule has 3 aromatic rings. The number of carbonyl (C=O) groups is 3. The summed E-state index contributed by atoms with van der Waals surface area (Å²) in [5.74, 6) is -2.28. The van der Waals surface area contributed by atoms with Crippen molar-refractivity contribution in [3.63, 3.8) is 0 Å². The number of carboxylic acid groups (broad SMARTS) is 1. The van der Waals surface area contributed by atoms with Crippen LogP contribution in [-0.2, 0) is 9.05 Å². The molecule has 3 aromatic heterocycles. The van der Waals surface area contributed by atoms with Crippen LogP contribution in [0.15, 0.2) is 52.5 Å². The van der Waals surface area contributed by atoms with E-state index in [4.69, 9.17) is 21.5 Å². The number of halogens is 1. The van der Waals surface area contributed by atoms with E-state index in [1.54, 1.807) is 47.2 Å². The lowest BCUT2D eigenvalue weighted by Gasteiger charge is -1.91. The Balaban J connectivity index is 0.000000217. The van der Waals surface area contributed by atoms with Gasteiger partial charge in [0.25, 0.3) is 5.91 Å². The Morgan fingerprint density at radius 3 is 1.57 bits per heavy atom. The van der Waals surface area contributed by atoms with Gasteiger partial charge in [-0.25, -0.2) is 13.2 Å². The summed E-state index contributed by atoms with van der Waals surface area (Å²) < 4.78 is 21.0. The van der Waals surface area contributed by atoms with Gasteiger partial charge in [0.15, 0.2) is 5.78 Å². The molecule has 150 valence electrons. The number of thiophene rings is 3. The summed E-state index contributed by atoms with van der Waals surface area (Å²) in [5, 5.41) is 13.5. The molecule has 3 rings (SSSR count). The van der Waals surface area contributed by atoms with Gasteiger partial charge in [-0.2, -0.15) is 0 Å². The van der Waals surface area contributed by atoms with E-state index in [1.165, 1.54) is 34.0 Å². The molecule has 0 radical (unpaired) electrons. The van der Waals surface area contributed by atoms with Crippen LogP contribution in [0.5, 0.6) is 0 Å². The molecular weight excluding hydrogens is 466 g/mol. The van der Waals surface area contributed by atoms with E-state index in [9.17, 15) is 22.8 Å². The summed E-state index contributed by atoms with van der Waals surface area (Å²) in [5.41, 5.74) is 4.93. The van der Waals surface area contributed by atoms with E-state index >= 15 is 0 Å². The lowest BCUT2D eigenvalue weighted by Crippen LogP contribution is -2.09. The normalized spacial score (nSPS) is 10.0. The molecule has 3 N–H and O–H groups in total. The second kappa shape index (κ2) is 11.7. The fraction of sp³-hybridized carbons (Fsp3) is 0.0625. The van der Waals surface area contributed by atoms with E-state index in [1.807, 2.05) is 5.38 Å². The zero-order chi connectivity index (χ0) is 21.2. The first kappa shape index (κ1) is 24.0.